The highest BCUT2D eigenvalue weighted by atomic mass is 35.5. The van der Waals surface area contributed by atoms with Crippen molar-refractivity contribution in [3.05, 3.63) is 0 Å². The predicted molar refractivity (Wildman–Crippen MR) is 78.4 cm³/mol. The summed E-state index contributed by atoms with van der Waals surface area (Å²) in [7, 11) is 0. The molecule has 1 amide bonds. The molecule has 0 aromatic heterocycles. The van der Waals surface area contributed by atoms with E-state index in [4.69, 9.17) is 0 Å². The summed E-state index contributed by atoms with van der Waals surface area (Å²) < 4.78 is 0. The maximum atomic E-state index is 12.0. The molecule has 2 rings (SSSR count). The topological polar surface area (TPSA) is 61.4 Å². The van der Waals surface area contributed by atoms with Crippen LogP contribution in [0.2, 0.25) is 0 Å². The first kappa shape index (κ1) is 16.7. The summed E-state index contributed by atoms with van der Waals surface area (Å²) in [6.45, 7) is 4.08. The molecule has 1 saturated heterocycles. The van der Waals surface area contributed by atoms with E-state index in [9.17, 15) is 9.90 Å². The Balaban J connectivity index is 0.00000180. The molecule has 3 N–H and O–H groups in total. The van der Waals surface area contributed by atoms with Crippen LogP contribution in [0.1, 0.15) is 39.0 Å². The molecular formula is C14H27ClN2O2. The van der Waals surface area contributed by atoms with E-state index in [0.29, 0.717) is 13.1 Å². The number of amides is 1. The van der Waals surface area contributed by atoms with E-state index in [-0.39, 0.29) is 36.3 Å². The highest BCUT2D eigenvalue weighted by Crippen LogP contribution is 2.30. The fourth-order valence-electron chi connectivity index (χ4n) is 3.19. The Morgan fingerprint density at radius 2 is 2.05 bits per heavy atom. The third-order valence-corrected chi connectivity index (χ3v) is 4.45. The van der Waals surface area contributed by atoms with Gasteiger partial charge >= 0.3 is 0 Å². The lowest BCUT2D eigenvalue weighted by molar-refractivity contribution is -0.125. The molecule has 1 saturated carbocycles. The summed E-state index contributed by atoms with van der Waals surface area (Å²) in [5.74, 6) is 1.19. The first-order chi connectivity index (χ1) is 8.66. The van der Waals surface area contributed by atoms with Gasteiger partial charge in [0.05, 0.1) is 6.10 Å². The van der Waals surface area contributed by atoms with Crippen LogP contribution in [0.15, 0.2) is 0 Å². The molecule has 4 nitrogen and oxygen atoms in total. The molecule has 0 spiro atoms. The smallest absolute Gasteiger partial charge is 0.222 e. The van der Waals surface area contributed by atoms with Crippen LogP contribution in [0.25, 0.3) is 0 Å². The molecule has 0 bridgehead atoms. The Bertz CT molecular complexity index is 283. The molecule has 2 fully saturated rings. The van der Waals surface area contributed by atoms with Crippen LogP contribution in [-0.4, -0.2) is 36.8 Å². The zero-order chi connectivity index (χ0) is 13.0. The number of nitrogens with one attached hydrogen (secondary N) is 2. The van der Waals surface area contributed by atoms with Crippen molar-refractivity contribution in [2.45, 2.75) is 45.1 Å². The van der Waals surface area contributed by atoms with Gasteiger partial charge in [0.2, 0.25) is 5.91 Å². The maximum Gasteiger partial charge on any atom is 0.222 e. The summed E-state index contributed by atoms with van der Waals surface area (Å²) in [5, 5.41) is 15.8. The Morgan fingerprint density at radius 3 is 2.63 bits per heavy atom. The second-order valence-corrected chi connectivity index (χ2v) is 6.02. The third kappa shape index (κ3) is 4.93. The van der Waals surface area contributed by atoms with Crippen LogP contribution < -0.4 is 10.6 Å². The first-order valence-electron chi connectivity index (χ1n) is 7.33. The van der Waals surface area contributed by atoms with Crippen molar-refractivity contribution in [3.63, 3.8) is 0 Å². The van der Waals surface area contributed by atoms with Gasteiger partial charge in [-0.1, -0.05) is 32.6 Å². The molecule has 112 valence electrons. The number of halogens is 1. The minimum atomic E-state index is -0.310. The van der Waals surface area contributed by atoms with Crippen molar-refractivity contribution in [2.75, 3.05) is 19.6 Å². The van der Waals surface area contributed by atoms with Gasteiger partial charge in [0.25, 0.3) is 0 Å². The van der Waals surface area contributed by atoms with Crippen molar-refractivity contribution in [1.82, 2.24) is 10.6 Å². The van der Waals surface area contributed by atoms with Gasteiger partial charge in [-0.2, -0.15) is 0 Å². The largest absolute Gasteiger partial charge is 0.391 e. The number of rotatable bonds is 5. The maximum absolute atomic E-state index is 12.0. The highest BCUT2D eigenvalue weighted by molar-refractivity contribution is 5.85. The van der Waals surface area contributed by atoms with Crippen LogP contribution in [0.5, 0.6) is 0 Å². The Labute approximate surface area is 122 Å². The first-order valence-corrected chi connectivity index (χ1v) is 7.33. The van der Waals surface area contributed by atoms with E-state index in [1.807, 2.05) is 6.92 Å². The molecule has 5 heteroatoms. The molecule has 3 unspecified atom stereocenters. The Morgan fingerprint density at radius 1 is 1.37 bits per heavy atom. The number of aliphatic hydroxyl groups is 1. The molecule has 1 aliphatic heterocycles. The van der Waals surface area contributed by atoms with E-state index in [2.05, 4.69) is 10.6 Å². The summed E-state index contributed by atoms with van der Waals surface area (Å²) in [6.07, 6.45) is 5.97. The van der Waals surface area contributed by atoms with Crippen LogP contribution in [-0.2, 0) is 4.79 Å². The molecule has 0 radical (unpaired) electrons. The fourth-order valence-corrected chi connectivity index (χ4v) is 3.19. The van der Waals surface area contributed by atoms with Crippen molar-refractivity contribution in [3.8, 4) is 0 Å². The lowest BCUT2D eigenvalue weighted by Crippen LogP contribution is -2.37. The molecule has 1 heterocycles. The van der Waals surface area contributed by atoms with Crippen LogP contribution in [0.4, 0.5) is 0 Å². The summed E-state index contributed by atoms with van der Waals surface area (Å²) >= 11 is 0. The molecule has 3 atom stereocenters. The summed E-state index contributed by atoms with van der Waals surface area (Å²) in [4.78, 5) is 12.0. The number of aliphatic hydroxyl groups excluding tert-OH is 1. The summed E-state index contributed by atoms with van der Waals surface area (Å²) in [6, 6.07) is 0. The number of β-amino-alcohol motifs (C(OH)–C–C–N with tert-alkyl or cyclic N) is 1. The van der Waals surface area contributed by atoms with E-state index >= 15 is 0 Å². The standard InChI is InChI=1S/C14H26N2O2.ClH/c1-10(6-11-4-2-3-5-11)14(18)16-8-12-7-15-9-13(12)17;/h10-13,15,17H,2-9H2,1H3,(H,16,18);1H. The second-order valence-electron chi connectivity index (χ2n) is 6.02. The summed E-state index contributed by atoms with van der Waals surface area (Å²) in [5.41, 5.74) is 0. The van der Waals surface area contributed by atoms with Crippen LogP contribution in [0, 0.1) is 17.8 Å². The highest BCUT2D eigenvalue weighted by Gasteiger charge is 2.26. The minimum absolute atomic E-state index is 0. The number of carbonyl (C=O) groups is 1. The van der Waals surface area contributed by atoms with Gasteiger partial charge in [-0.3, -0.25) is 4.79 Å². The van der Waals surface area contributed by atoms with Gasteiger partial charge in [-0.05, 0) is 12.3 Å². The minimum Gasteiger partial charge on any atom is -0.391 e. The van der Waals surface area contributed by atoms with E-state index < -0.39 is 0 Å². The quantitative estimate of drug-likeness (QED) is 0.716. The van der Waals surface area contributed by atoms with E-state index in [1.54, 1.807) is 0 Å². The third-order valence-electron chi connectivity index (χ3n) is 4.45. The van der Waals surface area contributed by atoms with Crippen molar-refractivity contribution >= 4 is 18.3 Å². The molecule has 19 heavy (non-hydrogen) atoms. The van der Waals surface area contributed by atoms with Gasteiger partial charge < -0.3 is 15.7 Å². The molecular weight excluding hydrogens is 264 g/mol. The molecule has 0 aromatic rings. The van der Waals surface area contributed by atoms with Gasteiger partial charge in [0, 0.05) is 31.5 Å². The number of hydrogen-bond acceptors (Lipinski definition) is 3. The van der Waals surface area contributed by atoms with E-state index in [1.165, 1.54) is 25.7 Å². The zero-order valence-corrected chi connectivity index (χ0v) is 12.5. The molecule has 0 aromatic carbocycles. The molecule has 2 aliphatic rings. The zero-order valence-electron chi connectivity index (χ0n) is 11.7. The molecule has 1 aliphatic carbocycles. The Hall–Kier alpha value is -0.320. The van der Waals surface area contributed by atoms with Crippen LogP contribution in [0.3, 0.4) is 0 Å². The monoisotopic (exact) mass is 290 g/mol. The average molecular weight is 291 g/mol. The van der Waals surface area contributed by atoms with Crippen molar-refractivity contribution in [2.24, 2.45) is 17.8 Å². The van der Waals surface area contributed by atoms with Crippen molar-refractivity contribution in [1.29, 1.82) is 0 Å². The fraction of sp³-hybridized carbons (Fsp3) is 0.929. The average Bonchev–Trinajstić information content (AvgIpc) is 2.98. The number of carbonyl (C=O) groups excluding carboxylic acids is 1. The lowest BCUT2D eigenvalue weighted by Gasteiger charge is -2.18. The van der Waals surface area contributed by atoms with E-state index in [0.717, 1.165) is 18.9 Å². The number of hydrogen-bond donors (Lipinski definition) is 3. The van der Waals surface area contributed by atoms with Crippen molar-refractivity contribution < 1.29 is 9.90 Å². The normalized spacial score (nSPS) is 28.9. The van der Waals surface area contributed by atoms with Gasteiger partial charge in [0.15, 0.2) is 0 Å². The lowest BCUT2D eigenvalue weighted by atomic mass is 9.94. The van der Waals surface area contributed by atoms with Gasteiger partial charge in [-0.25, -0.2) is 0 Å². The Kier molecular flexibility index (Phi) is 7.11. The van der Waals surface area contributed by atoms with Gasteiger partial charge in [0.1, 0.15) is 0 Å². The van der Waals surface area contributed by atoms with Crippen LogP contribution >= 0.6 is 12.4 Å². The second kappa shape index (κ2) is 8.08. The van der Waals surface area contributed by atoms with Gasteiger partial charge in [-0.15, -0.1) is 12.4 Å². The predicted octanol–water partition coefficient (Wildman–Crippen LogP) is 1.32. The SMILES string of the molecule is CC(CC1CCCC1)C(=O)NCC1CNCC1O.Cl.